The van der Waals surface area contributed by atoms with E-state index in [0.29, 0.717) is 28.8 Å². The van der Waals surface area contributed by atoms with Crippen LogP contribution in [0.3, 0.4) is 0 Å². The number of rotatable bonds is 8. The summed E-state index contributed by atoms with van der Waals surface area (Å²) in [5, 5.41) is 7.24. The van der Waals surface area contributed by atoms with Gasteiger partial charge in [0, 0.05) is 17.3 Å². The molecule has 0 radical (unpaired) electrons. The highest BCUT2D eigenvalue weighted by Gasteiger charge is 2.29. The lowest BCUT2D eigenvalue weighted by Crippen LogP contribution is -2.22. The van der Waals surface area contributed by atoms with Crippen molar-refractivity contribution in [3.8, 4) is 0 Å². The van der Waals surface area contributed by atoms with Crippen molar-refractivity contribution in [2.45, 2.75) is 39.7 Å². The van der Waals surface area contributed by atoms with Gasteiger partial charge in [-0.3, -0.25) is 9.48 Å². The molecule has 0 spiro atoms. The lowest BCUT2D eigenvalue weighted by Gasteiger charge is -2.18. The summed E-state index contributed by atoms with van der Waals surface area (Å²) in [7, 11) is 0. The summed E-state index contributed by atoms with van der Waals surface area (Å²) in [6.07, 6.45) is 6.03. The zero-order chi connectivity index (χ0) is 23.4. The average Bonchev–Trinajstić information content (AvgIpc) is 3.52. The van der Waals surface area contributed by atoms with Crippen molar-refractivity contribution >= 4 is 34.2 Å². The zero-order valence-corrected chi connectivity index (χ0v) is 19.3. The van der Waals surface area contributed by atoms with Crippen LogP contribution in [0.25, 0.3) is 0 Å². The predicted molar refractivity (Wildman–Crippen MR) is 120 cm³/mol. The van der Waals surface area contributed by atoms with Crippen LogP contribution in [0.2, 0.25) is 0 Å². The molecule has 9 nitrogen and oxygen atoms in total. The molecule has 4 rings (SSSR count). The first kappa shape index (κ1) is 22.8. The summed E-state index contributed by atoms with van der Waals surface area (Å²) < 4.78 is 17.5. The number of hydrogen-bond acceptors (Lipinski definition) is 8. The number of fused-ring (bicyclic) bond motifs is 1. The number of hydrogen-bond donors (Lipinski definition) is 1. The molecule has 174 valence electrons. The molecular formula is C23H25N3O6S. The Balaban J connectivity index is 1.38. The maximum Gasteiger partial charge on any atom is 0.374 e. The predicted octanol–water partition coefficient (Wildman–Crippen LogP) is 3.68. The third-order valence-electron chi connectivity index (χ3n) is 5.32. The van der Waals surface area contributed by atoms with Crippen molar-refractivity contribution in [1.29, 1.82) is 0 Å². The SMILES string of the molecule is CCOC(=O)c1c(NC(=O)COC(=O)c2ccc(Cn3cccn3)o2)sc2c1CCC(C)C2. The molecule has 0 bridgehead atoms. The van der Waals surface area contributed by atoms with Crippen LogP contribution in [-0.4, -0.2) is 40.8 Å². The number of carbonyl (C=O) groups is 3. The van der Waals surface area contributed by atoms with E-state index >= 15 is 0 Å². The summed E-state index contributed by atoms with van der Waals surface area (Å²) in [6.45, 7) is 4.02. The molecule has 0 aromatic carbocycles. The van der Waals surface area contributed by atoms with Crippen LogP contribution in [0.4, 0.5) is 5.00 Å². The van der Waals surface area contributed by atoms with Gasteiger partial charge in [0.15, 0.2) is 6.61 Å². The molecule has 0 aliphatic heterocycles. The number of furan rings is 1. The Labute approximate surface area is 194 Å². The summed E-state index contributed by atoms with van der Waals surface area (Å²) in [4.78, 5) is 38.4. The van der Waals surface area contributed by atoms with E-state index in [2.05, 4.69) is 17.3 Å². The number of nitrogens with zero attached hydrogens (tertiary/aromatic N) is 2. The van der Waals surface area contributed by atoms with Gasteiger partial charge in [0.2, 0.25) is 5.76 Å². The Bertz CT molecular complexity index is 1150. The highest BCUT2D eigenvalue weighted by molar-refractivity contribution is 7.17. The van der Waals surface area contributed by atoms with E-state index in [4.69, 9.17) is 13.9 Å². The van der Waals surface area contributed by atoms with Gasteiger partial charge in [-0.1, -0.05) is 6.92 Å². The van der Waals surface area contributed by atoms with Crippen molar-refractivity contribution in [3.05, 3.63) is 58.1 Å². The minimum absolute atomic E-state index is 0.00209. The number of aromatic nitrogens is 2. The lowest BCUT2D eigenvalue weighted by atomic mass is 9.88. The maximum absolute atomic E-state index is 12.6. The van der Waals surface area contributed by atoms with Crippen molar-refractivity contribution < 1.29 is 28.3 Å². The van der Waals surface area contributed by atoms with Crippen LogP contribution < -0.4 is 5.32 Å². The van der Waals surface area contributed by atoms with Crippen LogP contribution in [0, 0.1) is 5.92 Å². The average molecular weight is 472 g/mol. The fourth-order valence-electron chi connectivity index (χ4n) is 3.75. The molecule has 1 N–H and O–H groups in total. The quantitative estimate of drug-likeness (QED) is 0.499. The number of anilines is 1. The third-order valence-corrected chi connectivity index (χ3v) is 6.49. The molecule has 0 saturated heterocycles. The van der Waals surface area contributed by atoms with Gasteiger partial charge in [-0.2, -0.15) is 5.10 Å². The van der Waals surface area contributed by atoms with Crippen molar-refractivity contribution in [3.63, 3.8) is 0 Å². The van der Waals surface area contributed by atoms with E-state index in [1.165, 1.54) is 17.4 Å². The highest BCUT2D eigenvalue weighted by atomic mass is 32.1. The van der Waals surface area contributed by atoms with Crippen LogP contribution in [0.15, 0.2) is 35.0 Å². The fourth-order valence-corrected chi connectivity index (χ4v) is 5.16. The normalized spacial score (nSPS) is 15.0. The van der Waals surface area contributed by atoms with Gasteiger partial charge in [0.1, 0.15) is 10.8 Å². The number of carbonyl (C=O) groups excluding carboxylic acids is 3. The minimum Gasteiger partial charge on any atom is -0.462 e. The second kappa shape index (κ2) is 10.0. The van der Waals surface area contributed by atoms with Crippen molar-refractivity contribution in [2.24, 2.45) is 5.92 Å². The van der Waals surface area contributed by atoms with Crippen molar-refractivity contribution in [1.82, 2.24) is 9.78 Å². The molecular weight excluding hydrogens is 446 g/mol. The second-order valence-electron chi connectivity index (χ2n) is 7.87. The van der Waals surface area contributed by atoms with Crippen LogP contribution >= 0.6 is 11.3 Å². The molecule has 1 atom stereocenters. The Morgan fingerprint density at radius 1 is 1.27 bits per heavy atom. The summed E-state index contributed by atoms with van der Waals surface area (Å²) in [5.74, 6) is -0.685. The first-order valence-electron chi connectivity index (χ1n) is 10.8. The van der Waals surface area contributed by atoms with Crippen LogP contribution in [0.1, 0.15) is 57.4 Å². The fraction of sp³-hybridized carbons (Fsp3) is 0.391. The molecule has 1 amide bonds. The molecule has 3 aromatic heterocycles. The first-order valence-corrected chi connectivity index (χ1v) is 11.6. The lowest BCUT2D eigenvalue weighted by molar-refractivity contribution is -0.119. The number of amides is 1. The summed E-state index contributed by atoms with van der Waals surface area (Å²) in [5.41, 5.74) is 1.36. The van der Waals surface area contributed by atoms with Gasteiger partial charge in [0.25, 0.3) is 5.91 Å². The van der Waals surface area contributed by atoms with E-state index in [9.17, 15) is 14.4 Å². The van der Waals surface area contributed by atoms with E-state index in [-0.39, 0.29) is 12.4 Å². The molecule has 0 saturated carbocycles. The molecule has 3 aromatic rings. The topological polar surface area (TPSA) is 113 Å². The van der Waals surface area contributed by atoms with Crippen LogP contribution in [-0.2, 0) is 33.7 Å². The van der Waals surface area contributed by atoms with Crippen molar-refractivity contribution in [2.75, 3.05) is 18.5 Å². The first-order chi connectivity index (χ1) is 15.9. The smallest absolute Gasteiger partial charge is 0.374 e. The number of esters is 2. The molecule has 1 unspecified atom stereocenters. The van der Waals surface area contributed by atoms with Crippen LogP contribution in [0.5, 0.6) is 0 Å². The molecule has 33 heavy (non-hydrogen) atoms. The van der Waals surface area contributed by atoms with E-state index < -0.39 is 24.5 Å². The van der Waals surface area contributed by atoms with Gasteiger partial charge < -0.3 is 19.2 Å². The molecule has 1 aliphatic rings. The van der Waals surface area contributed by atoms with Gasteiger partial charge in [-0.25, -0.2) is 9.59 Å². The number of ether oxygens (including phenoxy) is 2. The van der Waals surface area contributed by atoms with E-state index in [0.717, 1.165) is 29.7 Å². The maximum atomic E-state index is 12.6. The third kappa shape index (κ3) is 5.33. The Kier molecular flexibility index (Phi) is 6.93. The Morgan fingerprint density at radius 2 is 2.12 bits per heavy atom. The largest absolute Gasteiger partial charge is 0.462 e. The molecule has 0 fully saturated rings. The van der Waals surface area contributed by atoms with Gasteiger partial charge in [-0.05, 0) is 55.9 Å². The number of nitrogens with one attached hydrogen (secondary N) is 1. The second-order valence-corrected chi connectivity index (χ2v) is 8.98. The Hall–Kier alpha value is -3.40. The Morgan fingerprint density at radius 3 is 2.88 bits per heavy atom. The summed E-state index contributed by atoms with van der Waals surface area (Å²) in [6, 6.07) is 4.93. The minimum atomic E-state index is -0.748. The standard InChI is InChI=1S/C23H25N3O6S/c1-3-30-23(29)20-16-7-5-14(2)11-18(16)33-21(20)25-19(27)13-31-22(28)17-8-6-15(32-17)12-26-10-4-9-24-26/h4,6,8-10,14H,3,5,7,11-13H2,1-2H3,(H,25,27). The molecule has 3 heterocycles. The zero-order valence-electron chi connectivity index (χ0n) is 18.5. The summed E-state index contributed by atoms with van der Waals surface area (Å²) >= 11 is 1.38. The van der Waals surface area contributed by atoms with E-state index in [1.54, 1.807) is 36.1 Å². The monoisotopic (exact) mass is 471 g/mol. The van der Waals surface area contributed by atoms with E-state index in [1.807, 2.05) is 0 Å². The van der Waals surface area contributed by atoms with Gasteiger partial charge in [0.05, 0.1) is 18.7 Å². The van der Waals surface area contributed by atoms with Gasteiger partial charge in [-0.15, -0.1) is 11.3 Å². The molecule has 1 aliphatic carbocycles. The highest BCUT2D eigenvalue weighted by Crippen LogP contribution is 2.40. The van der Waals surface area contributed by atoms with Gasteiger partial charge >= 0.3 is 11.9 Å². The molecule has 10 heteroatoms. The number of thiophene rings is 1.